The summed E-state index contributed by atoms with van der Waals surface area (Å²) in [5, 5.41) is 0. The minimum absolute atomic E-state index is 0.00360. The highest BCUT2D eigenvalue weighted by molar-refractivity contribution is 5.66. The highest BCUT2D eigenvalue weighted by Gasteiger charge is 2.36. The molecular weight excluding hydrogens is 224 g/mol. The van der Waals surface area contributed by atoms with Crippen LogP contribution < -0.4 is 0 Å². The van der Waals surface area contributed by atoms with Gasteiger partial charge < -0.3 is 14.2 Å². The quantitative estimate of drug-likeness (QED) is 0.700. The van der Waals surface area contributed by atoms with E-state index < -0.39 is 0 Å². The largest absolute Gasteiger partial charge is 0.463 e. The molecule has 1 saturated heterocycles. The van der Waals surface area contributed by atoms with E-state index in [1.165, 1.54) is 13.8 Å². The summed E-state index contributed by atoms with van der Waals surface area (Å²) < 4.78 is 15.9. The van der Waals surface area contributed by atoms with Crippen LogP contribution in [-0.2, 0) is 23.8 Å². The SMILES string of the molecule is CC(=O)OCC1OC(C)CC(OC(C)=O)C1C. The normalized spacial score (nSPS) is 32.9. The highest BCUT2D eigenvalue weighted by atomic mass is 16.6. The Balaban J connectivity index is 2.57. The maximum atomic E-state index is 11.0. The Labute approximate surface area is 101 Å². The zero-order valence-corrected chi connectivity index (χ0v) is 10.8. The minimum atomic E-state index is -0.330. The van der Waals surface area contributed by atoms with Crippen molar-refractivity contribution in [3.05, 3.63) is 0 Å². The van der Waals surface area contributed by atoms with E-state index in [1.54, 1.807) is 0 Å². The lowest BCUT2D eigenvalue weighted by molar-refractivity contribution is -0.180. The van der Waals surface area contributed by atoms with Crippen molar-refractivity contribution in [3.8, 4) is 0 Å². The fourth-order valence-corrected chi connectivity index (χ4v) is 2.02. The van der Waals surface area contributed by atoms with Gasteiger partial charge in [-0.3, -0.25) is 9.59 Å². The minimum Gasteiger partial charge on any atom is -0.463 e. The zero-order valence-electron chi connectivity index (χ0n) is 10.8. The van der Waals surface area contributed by atoms with Crippen LogP contribution in [0.25, 0.3) is 0 Å². The average Bonchev–Trinajstić information content (AvgIpc) is 2.19. The molecule has 1 fully saturated rings. The standard InChI is InChI=1S/C12H20O5/c1-7-5-11(17-10(4)14)8(2)12(16-7)6-15-9(3)13/h7-8,11-12H,5-6H2,1-4H3. The molecule has 0 bridgehead atoms. The van der Waals surface area contributed by atoms with Crippen molar-refractivity contribution in [1.82, 2.24) is 0 Å². The van der Waals surface area contributed by atoms with Crippen LogP contribution in [0.15, 0.2) is 0 Å². The fraction of sp³-hybridized carbons (Fsp3) is 0.833. The molecule has 0 aromatic carbocycles. The molecule has 0 aromatic heterocycles. The third kappa shape index (κ3) is 4.34. The second kappa shape index (κ2) is 6.00. The lowest BCUT2D eigenvalue weighted by Gasteiger charge is -2.38. The predicted molar refractivity (Wildman–Crippen MR) is 60.3 cm³/mol. The molecule has 1 aliphatic rings. The molecule has 0 saturated carbocycles. The van der Waals surface area contributed by atoms with Crippen LogP contribution in [0.1, 0.15) is 34.1 Å². The number of ether oxygens (including phenoxy) is 3. The van der Waals surface area contributed by atoms with E-state index in [9.17, 15) is 9.59 Å². The Bertz CT molecular complexity index is 289. The molecule has 5 heteroatoms. The first-order valence-electron chi connectivity index (χ1n) is 5.86. The van der Waals surface area contributed by atoms with Crippen LogP contribution in [0.3, 0.4) is 0 Å². The molecule has 0 N–H and O–H groups in total. The summed E-state index contributed by atoms with van der Waals surface area (Å²) in [6, 6.07) is 0. The van der Waals surface area contributed by atoms with Crippen molar-refractivity contribution in [2.45, 2.75) is 52.4 Å². The van der Waals surface area contributed by atoms with Gasteiger partial charge in [-0.15, -0.1) is 0 Å². The third-order valence-electron chi connectivity index (χ3n) is 2.91. The van der Waals surface area contributed by atoms with Crippen molar-refractivity contribution < 1.29 is 23.8 Å². The van der Waals surface area contributed by atoms with Gasteiger partial charge in [0.05, 0.1) is 12.2 Å². The first-order chi connectivity index (χ1) is 7.90. The van der Waals surface area contributed by atoms with E-state index in [0.717, 1.165) is 0 Å². The molecule has 98 valence electrons. The Kier molecular flexibility index (Phi) is 4.93. The summed E-state index contributed by atoms with van der Waals surface area (Å²) in [6.45, 7) is 6.82. The predicted octanol–water partition coefficient (Wildman–Crippen LogP) is 1.29. The van der Waals surface area contributed by atoms with Gasteiger partial charge in [-0.05, 0) is 6.92 Å². The molecule has 0 spiro atoms. The summed E-state index contributed by atoms with van der Waals surface area (Å²) in [5.41, 5.74) is 0. The van der Waals surface area contributed by atoms with E-state index in [2.05, 4.69) is 0 Å². The first kappa shape index (κ1) is 14.0. The van der Waals surface area contributed by atoms with Crippen LogP contribution in [0.4, 0.5) is 0 Å². The van der Waals surface area contributed by atoms with Crippen LogP contribution in [0.5, 0.6) is 0 Å². The number of carbonyl (C=O) groups is 2. The Morgan fingerprint density at radius 2 is 1.88 bits per heavy atom. The van der Waals surface area contributed by atoms with E-state index in [0.29, 0.717) is 6.42 Å². The lowest BCUT2D eigenvalue weighted by atomic mass is 9.91. The average molecular weight is 244 g/mol. The van der Waals surface area contributed by atoms with Gasteiger partial charge in [-0.25, -0.2) is 0 Å². The van der Waals surface area contributed by atoms with Gasteiger partial charge in [-0.1, -0.05) is 6.92 Å². The van der Waals surface area contributed by atoms with Crippen LogP contribution in [0.2, 0.25) is 0 Å². The van der Waals surface area contributed by atoms with Crippen LogP contribution in [0, 0.1) is 5.92 Å². The van der Waals surface area contributed by atoms with Crippen molar-refractivity contribution in [2.75, 3.05) is 6.61 Å². The summed E-state index contributed by atoms with van der Waals surface area (Å²) in [6.07, 6.45) is 0.289. The smallest absolute Gasteiger partial charge is 0.302 e. The van der Waals surface area contributed by atoms with Crippen molar-refractivity contribution in [1.29, 1.82) is 0 Å². The molecule has 4 atom stereocenters. The molecule has 4 unspecified atom stereocenters. The van der Waals surface area contributed by atoms with Gasteiger partial charge in [0.1, 0.15) is 12.7 Å². The van der Waals surface area contributed by atoms with Gasteiger partial charge in [0.25, 0.3) is 0 Å². The molecule has 0 aliphatic carbocycles. The maximum absolute atomic E-state index is 11.0. The molecule has 1 aliphatic heterocycles. The maximum Gasteiger partial charge on any atom is 0.302 e. The second-order valence-electron chi connectivity index (χ2n) is 4.53. The van der Waals surface area contributed by atoms with Crippen molar-refractivity contribution in [2.24, 2.45) is 5.92 Å². The summed E-state index contributed by atoms with van der Waals surface area (Å²) in [4.78, 5) is 21.8. The Morgan fingerprint density at radius 1 is 1.24 bits per heavy atom. The van der Waals surface area contributed by atoms with Crippen LogP contribution in [-0.4, -0.2) is 36.9 Å². The van der Waals surface area contributed by atoms with Gasteiger partial charge in [0.15, 0.2) is 0 Å². The number of carbonyl (C=O) groups excluding carboxylic acids is 2. The molecular formula is C12H20O5. The van der Waals surface area contributed by atoms with E-state index >= 15 is 0 Å². The number of rotatable bonds is 3. The number of hydrogen-bond acceptors (Lipinski definition) is 5. The van der Waals surface area contributed by atoms with E-state index in [1.807, 2.05) is 13.8 Å². The number of esters is 2. The molecule has 0 aromatic rings. The van der Waals surface area contributed by atoms with Gasteiger partial charge >= 0.3 is 11.9 Å². The van der Waals surface area contributed by atoms with Gasteiger partial charge in [0, 0.05) is 26.2 Å². The summed E-state index contributed by atoms with van der Waals surface area (Å²) >= 11 is 0. The molecule has 0 radical (unpaired) electrons. The van der Waals surface area contributed by atoms with E-state index in [-0.39, 0.29) is 42.8 Å². The molecule has 17 heavy (non-hydrogen) atoms. The molecule has 1 heterocycles. The highest BCUT2D eigenvalue weighted by Crippen LogP contribution is 2.27. The van der Waals surface area contributed by atoms with E-state index in [4.69, 9.17) is 14.2 Å². The third-order valence-corrected chi connectivity index (χ3v) is 2.91. The van der Waals surface area contributed by atoms with Gasteiger partial charge in [-0.2, -0.15) is 0 Å². The fourth-order valence-electron chi connectivity index (χ4n) is 2.02. The van der Waals surface area contributed by atoms with Crippen molar-refractivity contribution in [3.63, 3.8) is 0 Å². The Morgan fingerprint density at radius 3 is 2.41 bits per heavy atom. The zero-order chi connectivity index (χ0) is 13.0. The molecule has 0 amide bonds. The first-order valence-corrected chi connectivity index (χ1v) is 5.86. The lowest BCUT2D eigenvalue weighted by Crippen LogP contribution is -2.46. The van der Waals surface area contributed by atoms with Gasteiger partial charge in [0.2, 0.25) is 0 Å². The molecule has 5 nitrogen and oxygen atoms in total. The summed E-state index contributed by atoms with van der Waals surface area (Å²) in [7, 11) is 0. The second-order valence-corrected chi connectivity index (χ2v) is 4.53. The monoisotopic (exact) mass is 244 g/mol. The van der Waals surface area contributed by atoms with Crippen LogP contribution >= 0.6 is 0 Å². The van der Waals surface area contributed by atoms with Crippen molar-refractivity contribution >= 4 is 11.9 Å². The summed E-state index contributed by atoms with van der Waals surface area (Å²) in [5.74, 6) is -0.598. The Hall–Kier alpha value is -1.10. The topological polar surface area (TPSA) is 61.8 Å². The molecule has 1 rings (SSSR count). The number of hydrogen-bond donors (Lipinski definition) is 0.